The number of nitrogens with one attached hydrogen (secondary N) is 3. The molecule has 340 valence electrons. The van der Waals surface area contributed by atoms with Crippen LogP contribution in [-0.2, 0) is 25.9 Å². The molecule has 0 aliphatic heterocycles. The third kappa shape index (κ3) is 11.2. The van der Waals surface area contributed by atoms with Gasteiger partial charge < -0.3 is 26.1 Å². The number of carboxylic acids is 1. The van der Waals surface area contributed by atoms with Crippen molar-refractivity contribution in [3.8, 4) is 12.1 Å². The minimum atomic E-state index is -0.982. The number of nitrogens with zero attached hydrogens (tertiary/aromatic N) is 8. The van der Waals surface area contributed by atoms with Crippen LogP contribution in [0.1, 0.15) is 76.6 Å². The predicted octanol–water partition coefficient (Wildman–Crippen LogP) is 9.63. The van der Waals surface area contributed by atoms with Crippen LogP contribution in [0, 0.1) is 36.5 Å². The highest BCUT2D eigenvalue weighted by atomic mass is 35.5. The van der Waals surface area contributed by atoms with Crippen LogP contribution < -0.4 is 11.1 Å². The number of aromatic carboxylic acids is 1. The van der Waals surface area contributed by atoms with E-state index in [1.807, 2.05) is 56.3 Å². The Balaban J connectivity index is 0.000000157. The van der Waals surface area contributed by atoms with Crippen LogP contribution >= 0.6 is 23.2 Å². The average molecular weight is 952 g/mol. The van der Waals surface area contributed by atoms with Crippen molar-refractivity contribution >= 4 is 79.0 Å². The number of amides is 1. The Morgan fingerprint density at radius 2 is 1.13 bits per heavy atom. The maximum Gasteiger partial charge on any atom is 0.335 e. The van der Waals surface area contributed by atoms with E-state index in [1.54, 1.807) is 67.6 Å². The Hall–Kier alpha value is -8.60. The quantitative estimate of drug-likeness (QED) is 0.0907. The predicted molar refractivity (Wildman–Crippen MR) is 265 cm³/mol. The average Bonchev–Trinajstić information content (AvgIpc) is 3.92. The number of carbonyl (C=O) groups is 2. The number of nitrogens with two attached hydrogens (primary N) is 1. The van der Waals surface area contributed by atoms with Crippen molar-refractivity contribution in [2.45, 2.75) is 39.8 Å². The van der Waals surface area contributed by atoms with E-state index < -0.39 is 5.97 Å². The van der Waals surface area contributed by atoms with E-state index >= 15 is 0 Å². The first-order valence-electron chi connectivity index (χ1n) is 21.3. The molecule has 17 heteroatoms. The van der Waals surface area contributed by atoms with Crippen LogP contribution in [0.15, 0.2) is 122 Å². The van der Waals surface area contributed by atoms with Crippen LogP contribution in [0.25, 0.3) is 43.9 Å². The molecule has 0 saturated heterocycles. The van der Waals surface area contributed by atoms with Crippen LogP contribution in [0.5, 0.6) is 0 Å². The third-order valence-corrected chi connectivity index (χ3v) is 11.5. The summed E-state index contributed by atoms with van der Waals surface area (Å²) < 4.78 is 0. The fourth-order valence-electron chi connectivity index (χ4n) is 7.58. The topological polar surface area (TPSA) is 249 Å². The van der Waals surface area contributed by atoms with E-state index in [-0.39, 0.29) is 11.5 Å². The van der Waals surface area contributed by atoms with Crippen molar-refractivity contribution in [2.75, 3.05) is 0 Å². The third-order valence-electron chi connectivity index (χ3n) is 10.9. The van der Waals surface area contributed by atoms with Gasteiger partial charge in [-0.2, -0.15) is 10.5 Å². The van der Waals surface area contributed by atoms with Crippen LogP contribution in [0.2, 0.25) is 10.0 Å². The minimum absolute atomic E-state index is 0.203. The molecule has 10 rings (SSSR count). The zero-order valence-electron chi connectivity index (χ0n) is 37.1. The van der Waals surface area contributed by atoms with Gasteiger partial charge in [-0.25, -0.2) is 14.8 Å². The van der Waals surface area contributed by atoms with Crippen LogP contribution in [0.4, 0.5) is 0 Å². The Labute approximate surface area is 404 Å². The van der Waals surface area contributed by atoms with E-state index in [1.165, 1.54) is 12.3 Å². The summed E-state index contributed by atoms with van der Waals surface area (Å²) in [5.41, 5.74) is 17.2. The number of pyridine rings is 6. The molecular weight excluding hydrogens is 912 g/mol. The second kappa shape index (κ2) is 20.9. The lowest BCUT2D eigenvalue weighted by Crippen LogP contribution is -2.23. The van der Waals surface area contributed by atoms with E-state index in [9.17, 15) is 20.1 Å². The summed E-state index contributed by atoms with van der Waals surface area (Å²) in [6.07, 6.45) is 14.4. The maximum absolute atomic E-state index is 12.8. The smallest absolute Gasteiger partial charge is 0.335 e. The van der Waals surface area contributed by atoms with Gasteiger partial charge in [0, 0.05) is 114 Å². The van der Waals surface area contributed by atoms with Gasteiger partial charge in [0.15, 0.2) is 0 Å². The monoisotopic (exact) mass is 950 g/mol. The highest BCUT2D eigenvalue weighted by Crippen LogP contribution is 2.25. The molecule has 0 aliphatic carbocycles. The van der Waals surface area contributed by atoms with Gasteiger partial charge in [0.25, 0.3) is 5.91 Å². The van der Waals surface area contributed by atoms with E-state index in [0.29, 0.717) is 75.0 Å². The largest absolute Gasteiger partial charge is 0.478 e. The van der Waals surface area contributed by atoms with E-state index in [2.05, 4.69) is 57.3 Å². The summed E-state index contributed by atoms with van der Waals surface area (Å²) in [6.45, 7) is 4.73. The molecule has 1 amide bonds. The normalized spacial score (nSPS) is 10.8. The molecule has 6 N–H and O–H groups in total. The molecular formula is C52H40Cl2N12O3. The molecule has 10 aromatic rings. The zero-order chi connectivity index (χ0) is 48.6. The van der Waals surface area contributed by atoms with Crippen LogP contribution in [0.3, 0.4) is 0 Å². The number of benzene rings is 2. The number of carboxylic acid groups (broad SMARTS) is 1. The van der Waals surface area contributed by atoms with Gasteiger partial charge in [0.2, 0.25) is 0 Å². The molecule has 8 heterocycles. The second-order valence-electron chi connectivity index (χ2n) is 16.0. The van der Waals surface area contributed by atoms with Crippen molar-refractivity contribution in [3.05, 3.63) is 199 Å². The maximum atomic E-state index is 12.8. The number of nitriles is 2. The lowest BCUT2D eigenvalue weighted by molar-refractivity contribution is 0.0696. The first-order chi connectivity index (χ1) is 33.4. The fourth-order valence-corrected chi connectivity index (χ4v) is 7.98. The van der Waals surface area contributed by atoms with E-state index in [4.69, 9.17) is 34.0 Å². The number of fused-ring (bicyclic) bond motifs is 4. The molecule has 0 atom stereocenters. The standard InChI is InChI=1S/C26H19ClN6O.C18H13N3O2.C8H8ClN3/c1-15-4-19-5-16(6-20(10-28)24(19)30-11-15)7-21-9-18(2-3-29-21)26(34)33-13-17-8-22-23(27)14-32-25(22)31-12-17;1-11-4-14-5-12(6-15(9-19)17(14)21-10-11)7-16-8-13(18(22)23)2-3-20-16;9-7-4-12-8-6(7)1-5(2-10)3-11-8/h2-6,8-9,11-12,14H,7,13H2,1H3,(H,31,32)(H,33,34);2-6,8,10H,7H2,1H3,(H,22,23);1,3-4H,2,10H2,(H,11,12). The molecule has 0 aliphatic rings. The van der Waals surface area contributed by atoms with Gasteiger partial charge >= 0.3 is 5.97 Å². The lowest BCUT2D eigenvalue weighted by Gasteiger charge is -2.09. The van der Waals surface area contributed by atoms with Gasteiger partial charge in [-0.3, -0.25) is 24.7 Å². The number of H-pyrrole nitrogens is 2. The van der Waals surface area contributed by atoms with Gasteiger partial charge in [0.1, 0.15) is 23.4 Å². The lowest BCUT2D eigenvalue weighted by atomic mass is 10.0. The number of halogens is 2. The summed E-state index contributed by atoms with van der Waals surface area (Å²) >= 11 is 12.0. The fraction of sp³-hybridized carbons (Fsp3) is 0.115. The number of carbonyl (C=O) groups excluding carboxylic acids is 1. The van der Waals surface area contributed by atoms with Gasteiger partial charge in [0.05, 0.1) is 37.8 Å². The number of aryl methyl sites for hydroxylation is 2. The number of aromatic nitrogens is 8. The summed E-state index contributed by atoms with van der Waals surface area (Å²) in [4.78, 5) is 55.6. The molecule has 0 saturated carbocycles. The Kier molecular flexibility index (Phi) is 14.2. The summed E-state index contributed by atoms with van der Waals surface area (Å²) in [5, 5.41) is 35.7. The summed E-state index contributed by atoms with van der Waals surface area (Å²) in [7, 11) is 0. The number of aromatic amines is 2. The first-order valence-corrected chi connectivity index (χ1v) is 22.1. The number of rotatable bonds is 9. The van der Waals surface area contributed by atoms with Crippen molar-refractivity contribution in [1.29, 1.82) is 10.5 Å². The Morgan fingerprint density at radius 1 is 0.638 bits per heavy atom. The number of hydrogen-bond donors (Lipinski definition) is 5. The molecule has 0 unspecified atom stereocenters. The highest BCUT2D eigenvalue weighted by Gasteiger charge is 2.13. The van der Waals surface area contributed by atoms with Crippen LogP contribution in [-0.4, -0.2) is 56.9 Å². The molecule has 8 aromatic heterocycles. The minimum Gasteiger partial charge on any atom is -0.478 e. The van der Waals surface area contributed by atoms with Crippen molar-refractivity contribution in [3.63, 3.8) is 0 Å². The van der Waals surface area contributed by atoms with Crippen molar-refractivity contribution < 1.29 is 14.7 Å². The van der Waals surface area contributed by atoms with Gasteiger partial charge in [-0.1, -0.05) is 23.2 Å². The molecule has 0 spiro atoms. The molecule has 0 radical (unpaired) electrons. The van der Waals surface area contributed by atoms with E-state index in [0.717, 1.165) is 66.3 Å². The SMILES string of the molecule is Cc1cnc2c(C#N)cc(Cc3cc(C(=O)NCc4cnc5[nH]cc(Cl)c5c4)ccn3)cc2c1.Cc1cnc2c(C#N)cc(Cc3cc(C(=O)O)ccn3)cc2c1.NCc1cnc2[nH]cc(Cl)c2c1. The molecule has 0 bridgehead atoms. The van der Waals surface area contributed by atoms with Crippen molar-refractivity contribution in [1.82, 2.24) is 45.2 Å². The van der Waals surface area contributed by atoms with Crippen molar-refractivity contribution in [2.24, 2.45) is 5.73 Å². The van der Waals surface area contributed by atoms with Gasteiger partial charge in [-0.05, 0) is 120 Å². The van der Waals surface area contributed by atoms with Gasteiger partial charge in [-0.15, -0.1) is 0 Å². The second-order valence-corrected chi connectivity index (χ2v) is 16.9. The molecule has 0 fully saturated rings. The molecule has 69 heavy (non-hydrogen) atoms. The molecule has 2 aromatic carbocycles. The number of hydrogen-bond acceptors (Lipinski definition) is 11. The zero-order valence-corrected chi connectivity index (χ0v) is 38.6. The molecule has 15 nitrogen and oxygen atoms in total. The summed E-state index contributed by atoms with van der Waals surface area (Å²) in [6, 6.07) is 26.3. The summed E-state index contributed by atoms with van der Waals surface area (Å²) in [5.74, 6) is -1.19. The Bertz CT molecular complexity index is 3670. The Morgan fingerprint density at radius 3 is 1.64 bits per heavy atom. The highest BCUT2D eigenvalue weighted by molar-refractivity contribution is 6.35. The first kappa shape index (κ1) is 46.9.